The molecular weight excluding hydrogens is 447 g/mol. The number of amides is 1. The van der Waals surface area contributed by atoms with Gasteiger partial charge in [0, 0.05) is 23.3 Å². The van der Waals surface area contributed by atoms with Crippen LogP contribution in [0, 0.1) is 11.7 Å². The van der Waals surface area contributed by atoms with Gasteiger partial charge in [0.15, 0.2) is 5.17 Å². The van der Waals surface area contributed by atoms with Crippen LogP contribution in [-0.2, 0) is 16.9 Å². The number of nitrogens with zero attached hydrogens (tertiary/aromatic N) is 1. The van der Waals surface area contributed by atoms with E-state index >= 15 is 4.39 Å². The molecule has 2 aliphatic rings. The highest BCUT2D eigenvalue weighted by atomic mass is 32.2. The molecule has 1 fully saturated rings. The lowest BCUT2D eigenvalue weighted by atomic mass is 9.68. The minimum absolute atomic E-state index is 0.0472. The Morgan fingerprint density at radius 3 is 2.47 bits per heavy atom. The number of carbonyl (C=O) groups excluding carboxylic acids is 1. The van der Waals surface area contributed by atoms with Gasteiger partial charge in [-0.15, -0.1) is 0 Å². The summed E-state index contributed by atoms with van der Waals surface area (Å²) >= 11 is 1.54. The maximum absolute atomic E-state index is 15.2. The molecule has 3 unspecified atom stereocenters. The fourth-order valence-electron chi connectivity index (χ4n) is 4.95. The van der Waals surface area contributed by atoms with E-state index in [4.69, 9.17) is 9.73 Å². The summed E-state index contributed by atoms with van der Waals surface area (Å²) in [6.07, 6.45) is 2.34. The molecule has 1 amide bonds. The van der Waals surface area contributed by atoms with Gasteiger partial charge in [0.25, 0.3) is 5.91 Å². The molecule has 1 aliphatic heterocycles. The molecule has 1 aliphatic carbocycles. The van der Waals surface area contributed by atoms with Gasteiger partial charge in [-0.2, -0.15) is 0 Å². The molecule has 0 spiro atoms. The molecule has 0 aromatic heterocycles. The number of hydrogen-bond acceptors (Lipinski definition) is 4. The van der Waals surface area contributed by atoms with Crippen molar-refractivity contribution in [1.82, 2.24) is 5.32 Å². The lowest BCUT2D eigenvalue weighted by Crippen LogP contribution is -2.48. The van der Waals surface area contributed by atoms with Gasteiger partial charge in [0.1, 0.15) is 5.82 Å². The minimum Gasteiger partial charge on any atom is -0.373 e. The molecule has 1 heterocycles. The van der Waals surface area contributed by atoms with Gasteiger partial charge in [0.05, 0.1) is 18.2 Å². The average molecular weight is 475 g/mol. The first-order valence-electron chi connectivity index (χ1n) is 11.6. The number of aliphatic imine (C=N–C) groups is 1. The lowest BCUT2D eigenvalue weighted by Gasteiger charge is -2.47. The zero-order valence-corrected chi connectivity index (χ0v) is 19.6. The number of fused-ring (bicyclic) bond motifs is 1. The molecule has 0 radical (unpaired) electrons. The van der Waals surface area contributed by atoms with E-state index in [0.717, 1.165) is 24.2 Å². The fraction of sp³-hybridized carbons (Fsp3) is 0.286. The van der Waals surface area contributed by atoms with Crippen LogP contribution in [0.4, 0.5) is 4.39 Å². The number of nitrogens with one attached hydrogen (secondary N) is 1. The monoisotopic (exact) mass is 474 g/mol. The second-order valence-electron chi connectivity index (χ2n) is 8.85. The van der Waals surface area contributed by atoms with Gasteiger partial charge in [-0.1, -0.05) is 78.5 Å². The fourth-order valence-corrected chi connectivity index (χ4v) is 6.14. The van der Waals surface area contributed by atoms with Crippen LogP contribution in [0.2, 0.25) is 0 Å². The second-order valence-corrected chi connectivity index (χ2v) is 9.86. The molecule has 34 heavy (non-hydrogen) atoms. The highest BCUT2D eigenvalue weighted by molar-refractivity contribution is 8.13. The zero-order chi connectivity index (χ0) is 23.4. The van der Waals surface area contributed by atoms with Crippen LogP contribution in [0.25, 0.3) is 0 Å². The van der Waals surface area contributed by atoms with Crippen LogP contribution < -0.4 is 5.32 Å². The van der Waals surface area contributed by atoms with Crippen molar-refractivity contribution >= 4 is 22.8 Å². The van der Waals surface area contributed by atoms with Crippen molar-refractivity contribution in [1.29, 1.82) is 0 Å². The number of thioether (sulfide) groups is 1. The van der Waals surface area contributed by atoms with Crippen molar-refractivity contribution in [3.63, 3.8) is 0 Å². The van der Waals surface area contributed by atoms with Crippen LogP contribution >= 0.6 is 11.8 Å². The van der Waals surface area contributed by atoms with Gasteiger partial charge in [-0.05, 0) is 42.5 Å². The molecule has 174 valence electrons. The van der Waals surface area contributed by atoms with E-state index in [2.05, 4.69) is 5.32 Å². The molecule has 3 atom stereocenters. The molecule has 0 bridgehead atoms. The maximum Gasteiger partial charge on any atom is 0.257 e. The standard InChI is InChI=1S/C28H27FN2O2S/c29-25-14-8-7-13-24(25)28-17-23(33-18-20-9-3-1-4-10-20)16-15-22(28)19-34-27(31-28)30-26(32)21-11-5-2-6-12-21/h1-14,22-23H,15-19H2,(H,30,31,32). The van der Waals surface area contributed by atoms with Gasteiger partial charge in [-0.3, -0.25) is 9.79 Å². The summed E-state index contributed by atoms with van der Waals surface area (Å²) in [5.41, 5.74) is 1.50. The number of hydrogen-bond donors (Lipinski definition) is 1. The van der Waals surface area contributed by atoms with Crippen molar-refractivity contribution in [3.05, 3.63) is 107 Å². The van der Waals surface area contributed by atoms with E-state index < -0.39 is 5.54 Å². The Labute approximate surface area is 203 Å². The van der Waals surface area contributed by atoms with Crippen LogP contribution in [0.5, 0.6) is 0 Å². The Balaban J connectivity index is 1.44. The Morgan fingerprint density at radius 1 is 1.00 bits per heavy atom. The van der Waals surface area contributed by atoms with Crippen molar-refractivity contribution in [3.8, 4) is 0 Å². The van der Waals surface area contributed by atoms with Gasteiger partial charge in [-0.25, -0.2) is 4.39 Å². The number of ether oxygens (including phenoxy) is 1. The summed E-state index contributed by atoms with van der Waals surface area (Å²) in [5, 5.41) is 3.50. The molecular formula is C28H27FN2O2S. The van der Waals surface area contributed by atoms with E-state index in [-0.39, 0.29) is 23.7 Å². The predicted octanol–water partition coefficient (Wildman–Crippen LogP) is 5.94. The Morgan fingerprint density at radius 2 is 1.71 bits per heavy atom. The molecule has 5 rings (SSSR count). The number of benzene rings is 3. The van der Waals surface area contributed by atoms with Gasteiger partial charge >= 0.3 is 0 Å². The third kappa shape index (κ3) is 4.79. The lowest BCUT2D eigenvalue weighted by molar-refractivity contribution is -0.0199. The molecule has 3 aromatic rings. The first kappa shape index (κ1) is 22.8. The van der Waals surface area contributed by atoms with Crippen LogP contribution in [0.15, 0.2) is 89.9 Å². The molecule has 0 saturated heterocycles. The zero-order valence-electron chi connectivity index (χ0n) is 18.8. The molecule has 1 saturated carbocycles. The summed E-state index contributed by atoms with van der Waals surface area (Å²) in [6, 6.07) is 26.0. The Kier molecular flexibility index (Phi) is 6.79. The van der Waals surface area contributed by atoms with Gasteiger partial charge < -0.3 is 10.1 Å². The minimum atomic E-state index is -0.768. The summed E-state index contributed by atoms with van der Waals surface area (Å²) in [5.74, 6) is 0.471. The largest absolute Gasteiger partial charge is 0.373 e. The quantitative estimate of drug-likeness (QED) is 0.498. The molecule has 3 aromatic carbocycles. The normalized spacial score (nSPS) is 24.1. The number of amidine groups is 1. The summed E-state index contributed by atoms with van der Waals surface area (Å²) in [6.45, 7) is 0.513. The topological polar surface area (TPSA) is 50.7 Å². The van der Waals surface area contributed by atoms with Crippen molar-refractivity contribution in [2.45, 2.75) is 37.5 Å². The smallest absolute Gasteiger partial charge is 0.257 e. The summed E-state index contributed by atoms with van der Waals surface area (Å²) in [4.78, 5) is 17.9. The Bertz CT molecular complexity index is 1170. The molecule has 6 heteroatoms. The Hall–Kier alpha value is -2.96. The third-order valence-electron chi connectivity index (χ3n) is 6.70. The van der Waals surface area contributed by atoms with Crippen LogP contribution in [0.1, 0.15) is 40.7 Å². The number of carbonyl (C=O) groups is 1. The van der Waals surface area contributed by atoms with Crippen molar-refractivity contribution in [2.75, 3.05) is 5.75 Å². The SMILES string of the molecule is O=C(NC1=NC2(c3ccccc3F)CC(OCc3ccccc3)CCC2CS1)c1ccccc1. The molecule has 1 N–H and O–H groups in total. The van der Waals surface area contributed by atoms with Crippen LogP contribution in [0.3, 0.4) is 0 Å². The van der Waals surface area contributed by atoms with E-state index in [1.54, 1.807) is 18.2 Å². The third-order valence-corrected chi connectivity index (χ3v) is 7.73. The maximum atomic E-state index is 15.2. The van der Waals surface area contributed by atoms with E-state index in [0.29, 0.717) is 29.3 Å². The highest BCUT2D eigenvalue weighted by Gasteiger charge is 2.49. The predicted molar refractivity (Wildman–Crippen MR) is 134 cm³/mol. The van der Waals surface area contributed by atoms with E-state index in [9.17, 15) is 4.79 Å². The van der Waals surface area contributed by atoms with E-state index in [1.165, 1.54) is 17.8 Å². The number of rotatable bonds is 5. The molecule has 4 nitrogen and oxygen atoms in total. The summed E-state index contributed by atoms with van der Waals surface area (Å²) < 4.78 is 21.5. The number of halogens is 1. The van der Waals surface area contributed by atoms with Crippen LogP contribution in [-0.4, -0.2) is 22.9 Å². The summed E-state index contributed by atoms with van der Waals surface area (Å²) in [7, 11) is 0. The van der Waals surface area contributed by atoms with Crippen molar-refractivity contribution < 1.29 is 13.9 Å². The van der Waals surface area contributed by atoms with Gasteiger partial charge in [0.2, 0.25) is 0 Å². The van der Waals surface area contributed by atoms with E-state index in [1.807, 2.05) is 60.7 Å². The second kappa shape index (κ2) is 10.1. The highest BCUT2D eigenvalue weighted by Crippen LogP contribution is 2.50. The van der Waals surface area contributed by atoms with Crippen molar-refractivity contribution in [2.24, 2.45) is 10.9 Å². The first-order valence-corrected chi connectivity index (χ1v) is 12.6. The first-order chi connectivity index (χ1) is 16.6. The average Bonchev–Trinajstić information content (AvgIpc) is 2.88.